The topological polar surface area (TPSA) is 27.7 Å². The fourth-order valence-corrected chi connectivity index (χ4v) is 4.16. The molecule has 1 aromatic carbocycles. The molecule has 2 aliphatic heterocycles. The highest BCUT2D eigenvalue weighted by molar-refractivity contribution is 5.47. The van der Waals surface area contributed by atoms with Gasteiger partial charge < -0.3 is 19.9 Å². The Morgan fingerprint density at radius 3 is 2.25 bits per heavy atom. The van der Waals surface area contributed by atoms with Crippen LogP contribution in [0.25, 0.3) is 0 Å². The lowest BCUT2D eigenvalue weighted by Crippen LogP contribution is -2.49. The quantitative estimate of drug-likeness (QED) is 0.864. The second-order valence-corrected chi connectivity index (χ2v) is 7.26. The molecule has 0 spiro atoms. The lowest BCUT2D eigenvalue weighted by molar-refractivity contribution is 0.0898. The fourth-order valence-electron chi connectivity index (χ4n) is 4.16. The maximum Gasteiger partial charge on any atom is 0.119 e. The largest absolute Gasteiger partial charge is 0.497 e. The first-order chi connectivity index (χ1) is 11.8. The van der Waals surface area contributed by atoms with Gasteiger partial charge in [-0.05, 0) is 76.0 Å². The number of benzene rings is 1. The van der Waals surface area contributed by atoms with Gasteiger partial charge in [0, 0.05) is 30.9 Å². The van der Waals surface area contributed by atoms with Crippen LogP contribution in [0.3, 0.4) is 0 Å². The average molecular weight is 332 g/mol. The first-order valence-electron chi connectivity index (χ1n) is 9.65. The van der Waals surface area contributed by atoms with E-state index < -0.39 is 0 Å². The van der Waals surface area contributed by atoms with E-state index >= 15 is 0 Å². The predicted molar refractivity (Wildman–Crippen MR) is 101 cm³/mol. The zero-order chi connectivity index (χ0) is 16.8. The summed E-state index contributed by atoms with van der Waals surface area (Å²) in [6.07, 6.45) is 6.50. The minimum atomic E-state index is 0.606. The number of nitrogens with one attached hydrogen (secondary N) is 1. The van der Waals surface area contributed by atoms with Crippen molar-refractivity contribution in [1.82, 2.24) is 9.80 Å². The van der Waals surface area contributed by atoms with Gasteiger partial charge in [0.15, 0.2) is 0 Å². The van der Waals surface area contributed by atoms with Gasteiger partial charge in [-0.15, -0.1) is 0 Å². The molecule has 3 rings (SSSR count). The highest BCUT2D eigenvalue weighted by Crippen LogP contribution is 2.23. The molecule has 4 heteroatoms. The normalized spacial score (nSPS) is 21.8. The van der Waals surface area contributed by atoms with Gasteiger partial charge in [0.25, 0.3) is 0 Å². The standard InChI is InChI=1S/C20H33N3O/c1-3-12-22-13-10-19(11-14-22)23-15-8-18(9-16-23)21-17-4-6-20(24-2)7-5-17/h4-7,18-19,21H,3,8-16H2,1-2H3. The van der Waals surface area contributed by atoms with Crippen molar-refractivity contribution in [1.29, 1.82) is 0 Å². The molecule has 0 unspecified atom stereocenters. The van der Waals surface area contributed by atoms with Crippen LogP contribution in [0.4, 0.5) is 5.69 Å². The van der Waals surface area contributed by atoms with E-state index in [0.717, 1.165) is 11.8 Å². The average Bonchev–Trinajstić information content (AvgIpc) is 2.64. The molecule has 2 saturated heterocycles. The van der Waals surface area contributed by atoms with Gasteiger partial charge in [0.2, 0.25) is 0 Å². The number of rotatable bonds is 6. The van der Waals surface area contributed by atoms with Gasteiger partial charge in [-0.1, -0.05) is 6.92 Å². The Bertz CT molecular complexity index is 474. The van der Waals surface area contributed by atoms with Crippen LogP contribution < -0.4 is 10.1 Å². The number of hydrogen-bond acceptors (Lipinski definition) is 4. The Morgan fingerprint density at radius 1 is 1.00 bits per heavy atom. The third kappa shape index (κ3) is 4.64. The van der Waals surface area contributed by atoms with Crippen LogP contribution in [-0.2, 0) is 0 Å². The summed E-state index contributed by atoms with van der Waals surface area (Å²) in [5.41, 5.74) is 1.21. The van der Waals surface area contributed by atoms with Crippen molar-refractivity contribution in [2.75, 3.05) is 45.2 Å². The SMILES string of the molecule is CCCN1CCC(N2CCC(Nc3ccc(OC)cc3)CC2)CC1. The smallest absolute Gasteiger partial charge is 0.119 e. The van der Waals surface area contributed by atoms with Crippen LogP contribution >= 0.6 is 0 Å². The monoisotopic (exact) mass is 331 g/mol. The molecule has 2 fully saturated rings. The van der Waals surface area contributed by atoms with E-state index in [-0.39, 0.29) is 0 Å². The Morgan fingerprint density at radius 2 is 1.67 bits per heavy atom. The van der Waals surface area contributed by atoms with Crippen molar-refractivity contribution in [3.63, 3.8) is 0 Å². The van der Waals surface area contributed by atoms with Crippen LogP contribution in [0, 0.1) is 0 Å². The minimum Gasteiger partial charge on any atom is -0.497 e. The predicted octanol–water partition coefficient (Wildman–Crippen LogP) is 3.45. The zero-order valence-electron chi connectivity index (χ0n) is 15.3. The fraction of sp³-hybridized carbons (Fsp3) is 0.700. The van der Waals surface area contributed by atoms with Crippen LogP contribution in [0.15, 0.2) is 24.3 Å². The number of piperidine rings is 2. The van der Waals surface area contributed by atoms with Gasteiger partial charge in [-0.3, -0.25) is 0 Å². The first-order valence-corrected chi connectivity index (χ1v) is 9.65. The Kier molecular flexibility index (Phi) is 6.38. The van der Waals surface area contributed by atoms with Gasteiger partial charge in [0.05, 0.1) is 7.11 Å². The molecule has 0 bridgehead atoms. The van der Waals surface area contributed by atoms with E-state index in [1.54, 1.807) is 7.11 Å². The van der Waals surface area contributed by atoms with Gasteiger partial charge in [0.1, 0.15) is 5.75 Å². The summed E-state index contributed by atoms with van der Waals surface area (Å²) in [5.74, 6) is 0.921. The van der Waals surface area contributed by atoms with Gasteiger partial charge in [-0.2, -0.15) is 0 Å². The van der Waals surface area contributed by atoms with Crippen molar-refractivity contribution >= 4 is 5.69 Å². The maximum absolute atomic E-state index is 5.23. The highest BCUT2D eigenvalue weighted by atomic mass is 16.5. The molecular formula is C20H33N3O. The van der Waals surface area contributed by atoms with Crippen LogP contribution in [-0.4, -0.2) is 61.7 Å². The van der Waals surface area contributed by atoms with Crippen LogP contribution in [0.1, 0.15) is 39.0 Å². The lowest BCUT2D eigenvalue weighted by Gasteiger charge is -2.42. The molecule has 0 atom stereocenters. The second kappa shape index (κ2) is 8.72. The van der Waals surface area contributed by atoms with Crippen LogP contribution in [0.2, 0.25) is 0 Å². The summed E-state index contributed by atoms with van der Waals surface area (Å²) in [7, 11) is 1.71. The number of anilines is 1. The summed E-state index contributed by atoms with van der Waals surface area (Å²) in [4.78, 5) is 5.38. The molecule has 24 heavy (non-hydrogen) atoms. The van der Waals surface area contributed by atoms with E-state index in [1.807, 2.05) is 12.1 Å². The molecule has 2 aliphatic rings. The Balaban J connectivity index is 1.41. The van der Waals surface area contributed by atoms with E-state index in [1.165, 1.54) is 70.5 Å². The maximum atomic E-state index is 5.23. The first kappa shape index (κ1) is 17.6. The Labute approximate surface area is 147 Å². The molecule has 134 valence electrons. The number of hydrogen-bond donors (Lipinski definition) is 1. The summed E-state index contributed by atoms with van der Waals surface area (Å²) >= 11 is 0. The molecule has 0 saturated carbocycles. The lowest BCUT2D eigenvalue weighted by atomic mass is 9.97. The molecule has 0 amide bonds. The van der Waals surface area contributed by atoms with E-state index in [0.29, 0.717) is 6.04 Å². The number of likely N-dealkylation sites (tertiary alicyclic amines) is 2. The van der Waals surface area contributed by atoms with Gasteiger partial charge >= 0.3 is 0 Å². The number of nitrogens with zero attached hydrogens (tertiary/aromatic N) is 2. The molecule has 0 radical (unpaired) electrons. The van der Waals surface area contributed by atoms with Crippen molar-refractivity contribution in [3.8, 4) is 5.75 Å². The number of methoxy groups -OCH3 is 1. The minimum absolute atomic E-state index is 0.606. The van der Waals surface area contributed by atoms with Gasteiger partial charge in [-0.25, -0.2) is 0 Å². The molecule has 0 aromatic heterocycles. The zero-order valence-corrected chi connectivity index (χ0v) is 15.3. The molecule has 2 heterocycles. The summed E-state index contributed by atoms with van der Waals surface area (Å²) < 4.78 is 5.23. The third-order valence-electron chi connectivity index (χ3n) is 5.60. The molecule has 1 N–H and O–H groups in total. The second-order valence-electron chi connectivity index (χ2n) is 7.26. The van der Waals surface area contributed by atoms with Crippen molar-refractivity contribution in [3.05, 3.63) is 24.3 Å². The number of ether oxygens (including phenoxy) is 1. The van der Waals surface area contributed by atoms with Crippen molar-refractivity contribution < 1.29 is 4.74 Å². The van der Waals surface area contributed by atoms with Crippen molar-refractivity contribution in [2.45, 2.75) is 51.1 Å². The summed E-state index contributed by atoms with van der Waals surface area (Å²) in [6, 6.07) is 9.72. The summed E-state index contributed by atoms with van der Waals surface area (Å²) in [5, 5.41) is 3.69. The van der Waals surface area contributed by atoms with E-state index in [4.69, 9.17) is 4.74 Å². The molecule has 0 aliphatic carbocycles. The summed E-state index contributed by atoms with van der Waals surface area (Å²) in [6.45, 7) is 8.64. The molecule has 1 aromatic rings. The van der Waals surface area contributed by atoms with Crippen molar-refractivity contribution in [2.24, 2.45) is 0 Å². The highest BCUT2D eigenvalue weighted by Gasteiger charge is 2.27. The van der Waals surface area contributed by atoms with E-state index in [9.17, 15) is 0 Å². The third-order valence-corrected chi connectivity index (χ3v) is 5.60. The van der Waals surface area contributed by atoms with E-state index in [2.05, 4.69) is 34.2 Å². The Hall–Kier alpha value is -1.26. The molecule has 4 nitrogen and oxygen atoms in total. The molecular weight excluding hydrogens is 298 g/mol. The van der Waals surface area contributed by atoms with Crippen LogP contribution in [0.5, 0.6) is 5.75 Å².